The summed E-state index contributed by atoms with van der Waals surface area (Å²) < 4.78 is 1.97. The van der Waals surface area contributed by atoms with Crippen LogP contribution in [-0.2, 0) is 6.54 Å². The van der Waals surface area contributed by atoms with Gasteiger partial charge in [-0.1, -0.05) is 42.5 Å². The predicted molar refractivity (Wildman–Crippen MR) is 81.8 cm³/mol. The summed E-state index contributed by atoms with van der Waals surface area (Å²) in [5.41, 5.74) is 4.63. The van der Waals surface area contributed by atoms with E-state index in [-0.39, 0.29) is 0 Å². The summed E-state index contributed by atoms with van der Waals surface area (Å²) in [5.74, 6) is 0. The van der Waals surface area contributed by atoms with E-state index in [1.165, 1.54) is 11.1 Å². The Morgan fingerprint density at radius 1 is 0.950 bits per heavy atom. The summed E-state index contributed by atoms with van der Waals surface area (Å²) in [6.45, 7) is 0.887. The molecule has 0 amide bonds. The van der Waals surface area contributed by atoms with E-state index in [0.29, 0.717) is 0 Å². The molecule has 3 rings (SSSR count). The lowest BCUT2D eigenvalue weighted by Gasteiger charge is -2.08. The normalized spacial score (nSPS) is 10.7. The number of nitrogens with zero attached hydrogens (tertiary/aromatic N) is 2. The molecule has 0 saturated carbocycles. The Morgan fingerprint density at radius 3 is 2.40 bits per heavy atom. The Balaban J connectivity index is 1.97. The van der Waals surface area contributed by atoms with Gasteiger partial charge in [0.15, 0.2) is 0 Å². The number of aromatic nitrogens is 2. The molecule has 0 fully saturated rings. The lowest BCUT2D eigenvalue weighted by Crippen LogP contribution is -2.04. The molecule has 3 heteroatoms. The van der Waals surface area contributed by atoms with Gasteiger partial charge >= 0.3 is 0 Å². The van der Waals surface area contributed by atoms with Gasteiger partial charge in [-0.25, -0.2) is 4.68 Å². The molecule has 0 aliphatic rings. The zero-order valence-corrected chi connectivity index (χ0v) is 11.5. The van der Waals surface area contributed by atoms with Crippen LogP contribution in [0.4, 0.5) is 0 Å². The van der Waals surface area contributed by atoms with Crippen molar-refractivity contribution in [3.05, 3.63) is 72.4 Å². The van der Waals surface area contributed by atoms with Crippen LogP contribution in [0.25, 0.3) is 16.9 Å². The first-order valence-corrected chi connectivity index (χ1v) is 6.72. The van der Waals surface area contributed by atoms with E-state index < -0.39 is 0 Å². The van der Waals surface area contributed by atoms with Gasteiger partial charge in [0.05, 0.1) is 17.6 Å². The van der Waals surface area contributed by atoms with Gasteiger partial charge in [0, 0.05) is 12.1 Å². The quantitative estimate of drug-likeness (QED) is 0.783. The van der Waals surface area contributed by atoms with Crippen molar-refractivity contribution in [2.24, 2.45) is 0 Å². The lowest BCUT2D eigenvalue weighted by atomic mass is 10.1. The number of hydrogen-bond donors (Lipinski definition) is 1. The van der Waals surface area contributed by atoms with Crippen LogP contribution in [0.2, 0.25) is 0 Å². The standard InChI is InChI=1S/C17H17N3/c1-18-13-14-7-9-15(10-8-14)17-11-12-19-20(17)16-5-3-2-4-6-16/h2-12,18H,13H2,1H3. The zero-order valence-electron chi connectivity index (χ0n) is 11.5. The van der Waals surface area contributed by atoms with Crippen molar-refractivity contribution in [3.63, 3.8) is 0 Å². The van der Waals surface area contributed by atoms with Crippen LogP contribution in [0.5, 0.6) is 0 Å². The Hall–Kier alpha value is -2.39. The van der Waals surface area contributed by atoms with Gasteiger partial charge in [0.2, 0.25) is 0 Å². The summed E-state index contributed by atoms with van der Waals surface area (Å²) in [6, 6.07) is 20.8. The summed E-state index contributed by atoms with van der Waals surface area (Å²) in [6.07, 6.45) is 1.84. The van der Waals surface area contributed by atoms with Crippen molar-refractivity contribution >= 4 is 0 Å². The summed E-state index contributed by atoms with van der Waals surface area (Å²) in [5, 5.41) is 7.58. The Morgan fingerprint density at radius 2 is 1.70 bits per heavy atom. The highest BCUT2D eigenvalue weighted by atomic mass is 15.3. The molecule has 20 heavy (non-hydrogen) atoms. The van der Waals surface area contributed by atoms with Crippen molar-refractivity contribution in [2.75, 3.05) is 7.05 Å². The maximum Gasteiger partial charge on any atom is 0.0740 e. The van der Waals surface area contributed by atoms with Gasteiger partial charge in [0.1, 0.15) is 0 Å². The van der Waals surface area contributed by atoms with E-state index in [1.54, 1.807) is 0 Å². The maximum absolute atomic E-state index is 4.43. The summed E-state index contributed by atoms with van der Waals surface area (Å²) in [7, 11) is 1.96. The summed E-state index contributed by atoms with van der Waals surface area (Å²) >= 11 is 0. The van der Waals surface area contributed by atoms with Crippen molar-refractivity contribution in [2.45, 2.75) is 6.54 Å². The topological polar surface area (TPSA) is 29.9 Å². The summed E-state index contributed by atoms with van der Waals surface area (Å²) in [4.78, 5) is 0. The van der Waals surface area contributed by atoms with Gasteiger partial charge in [-0.05, 0) is 30.8 Å². The zero-order chi connectivity index (χ0) is 13.8. The highest BCUT2D eigenvalue weighted by Crippen LogP contribution is 2.22. The first kappa shape index (κ1) is 12.6. The second kappa shape index (κ2) is 5.72. The van der Waals surface area contributed by atoms with E-state index in [1.807, 2.05) is 42.2 Å². The van der Waals surface area contributed by atoms with E-state index in [0.717, 1.165) is 17.9 Å². The first-order chi connectivity index (χ1) is 9.88. The van der Waals surface area contributed by atoms with Crippen molar-refractivity contribution in [1.82, 2.24) is 15.1 Å². The van der Waals surface area contributed by atoms with Gasteiger partial charge in [0.25, 0.3) is 0 Å². The second-order valence-electron chi connectivity index (χ2n) is 4.69. The molecule has 0 aliphatic heterocycles. The molecule has 0 saturated heterocycles. The fourth-order valence-corrected chi connectivity index (χ4v) is 2.29. The van der Waals surface area contributed by atoms with Crippen LogP contribution in [0.3, 0.4) is 0 Å². The minimum Gasteiger partial charge on any atom is -0.316 e. The molecule has 1 heterocycles. The number of para-hydroxylation sites is 1. The van der Waals surface area contributed by atoms with Crippen molar-refractivity contribution in [3.8, 4) is 16.9 Å². The monoisotopic (exact) mass is 263 g/mol. The fraction of sp³-hybridized carbons (Fsp3) is 0.118. The minimum absolute atomic E-state index is 0.887. The molecule has 3 nitrogen and oxygen atoms in total. The van der Waals surface area contributed by atoms with Crippen LogP contribution in [-0.4, -0.2) is 16.8 Å². The number of hydrogen-bond acceptors (Lipinski definition) is 2. The van der Waals surface area contributed by atoms with Crippen LogP contribution in [0, 0.1) is 0 Å². The number of rotatable bonds is 4. The molecule has 2 aromatic carbocycles. The van der Waals surface area contributed by atoms with Crippen molar-refractivity contribution in [1.29, 1.82) is 0 Å². The first-order valence-electron chi connectivity index (χ1n) is 6.72. The molecular formula is C17H17N3. The average Bonchev–Trinajstić information content (AvgIpc) is 2.99. The fourth-order valence-electron chi connectivity index (χ4n) is 2.29. The van der Waals surface area contributed by atoms with Gasteiger partial charge in [-0.2, -0.15) is 5.10 Å². The molecule has 0 aliphatic carbocycles. The molecule has 0 bridgehead atoms. The molecule has 1 aromatic heterocycles. The second-order valence-corrected chi connectivity index (χ2v) is 4.69. The van der Waals surface area contributed by atoms with Crippen LogP contribution in [0.1, 0.15) is 5.56 Å². The third-order valence-electron chi connectivity index (χ3n) is 3.27. The van der Waals surface area contributed by atoms with Crippen LogP contribution >= 0.6 is 0 Å². The van der Waals surface area contributed by atoms with Crippen molar-refractivity contribution < 1.29 is 0 Å². The number of nitrogens with one attached hydrogen (secondary N) is 1. The Labute approximate surface area is 118 Å². The van der Waals surface area contributed by atoms with E-state index >= 15 is 0 Å². The molecule has 100 valence electrons. The minimum atomic E-state index is 0.887. The highest BCUT2D eigenvalue weighted by Gasteiger charge is 2.06. The largest absolute Gasteiger partial charge is 0.316 e. The number of benzene rings is 2. The predicted octanol–water partition coefficient (Wildman–Crippen LogP) is 3.26. The third kappa shape index (κ3) is 2.49. The molecule has 1 N–H and O–H groups in total. The van der Waals surface area contributed by atoms with Gasteiger partial charge in [-0.15, -0.1) is 0 Å². The SMILES string of the molecule is CNCc1ccc(-c2ccnn2-c2ccccc2)cc1. The molecule has 0 unspecified atom stereocenters. The smallest absolute Gasteiger partial charge is 0.0740 e. The Bertz CT molecular complexity index is 669. The van der Waals surface area contributed by atoms with E-state index in [9.17, 15) is 0 Å². The molecule has 3 aromatic rings. The average molecular weight is 263 g/mol. The molecular weight excluding hydrogens is 246 g/mol. The maximum atomic E-state index is 4.43. The van der Waals surface area contributed by atoms with Crippen LogP contribution in [0.15, 0.2) is 66.9 Å². The lowest BCUT2D eigenvalue weighted by molar-refractivity contribution is 0.818. The van der Waals surface area contributed by atoms with Crippen LogP contribution < -0.4 is 5.32 Å². The highest BCUT2D eigenvalue weighted by molar-refractivity contribution is 5.62. The van der Waals surface area contributed by atoms with Gasteiger partial charge in [-0.3, -0.25) is 0 Å². The molecule has 0 atom stereocenters. The Kier molecular flexibility index (Phi) is 3.61. The third-order valence-corrected chi connectivity index (χ3v) is 3.27. The van der Waals surface area contributed by atoms with E-state index in [2.05, 4.69) is 46.8 Å². The van der Waals surface area contributed by atoms with Gasteiger partial charge < -0.3 is 5.32 Å². The van der Waals surface area contributed by atoms with E-state index in [4.69, 9.17) is 0 Å². The molecule has 0 spiro atoms. The molecule has 0 radical (unpaired) electrons.